The Morgan fingerprint density at radius 1 is 1.58 bits per heavy atom. The second kappa shape index (κ2) is 5.27. The highest BCUT2D eigenvalue weighted by Crippen LogP contribution is 1.95. The Bertz CT molecular complexity index is 134. The third-order valence-corrected chi connectivity index (χ3v) is 1.17. The summed E-state index contributed by atoms with van der Waals surface area (Å²) >= 11 is 0. The quantitative estimate of drug-likeness (QED) is 0.303. The lowest BCUT2D eigenvalue weighted by molar-refractivity contribution is -0.158. The molecule has 0 heterocycles. The van der Waals surface area contributed by atoms with Crippen LogP contribution in [0.25, 0.3) is 0 Å². The first-order valence-electron chi connectivity index (χ1n) is 3.89. The van der Waals surface area contributed by atoms with Gasteiger partial charge in [0.05, 0.1) is 6.61 Å². The average Bonchev–Trinajstić information content (AvgIpc) is 1.98. The highest BCUT2D eigenvalue weighted by atomic mass is 16.5. The standard InChI is InChI=1S/C8H17NO3/c1-4-8(10,11)9-6-12-5-7(2)3/h4,7,9-11H,1,5-6H2,2-3H3. The predicted octanol–water partition coefficient (Wildman–Crippen LogP) is 0.0305. The van der Waals surface area contributed by atoms with Gasteiger partial charge in [-0.2, -0.15) is 0 Å². The lowest BCUT2D eigenvalue weighted by Gasteiger charge is -2.18. The van der Waals surface area contributed by atoms with Crippen molar-refractivity contribution >= 4 is 0 Å². The van der Waals surface area contributed by atoms with Gasteiger partial charge in [-0.15, -0.1) is 0 Å². The van der Waals surface area contributed by atoms with E-state index in [0.717, 1.165) is 6.08 Å². The van der Waals surface area contributed by atoms with Crippen molar-refractivity contribution in [2.75, 3.05) is 13.3 Å². The zero-order chi connectivity index (χ0) is 9.61. The van der Waals surface area contributed by atoms with Crippen LogP contribution in [0.5, 0.6) is 0 Å². The van der Waals surface area contributed by atoms with E-state index in [2.05, 4.69) is 11.9 Å². The van der Waals surface area contributed by atoms with Crippen molar-refractivity contribution in [3.63, 3.8) is 0 Å². The van der Waals surface area contributed by atoms with E-state index in [-0.39, 0.29) is 6.73 Å². The van der Waals surface area contributed by atoms with Gasteiger partial charge in [-0.05, 0) is 12.0 Å². The number of hydrogen-bond acceptors (Lipinski definition) is 4. The summed E-state index contributed by atoms with van der Waals surface area (Å²) in [4.78, 5) is 0. The molecular formula is C8H17NO3. The molecular weight excluding hydrogens is 158 g/mol. The summed E-state index contributed by atoms with van der Waals surface area (Å²) in [6, 6.07) is 0. The topological polar surface area (TPSA) is 61.7 Å². The minimum Gasteiger partial charge on any atom is -0.366 e. The molecule has 0 spiro atoms. The molecule has 0 radical (unpaired) electrons. The Kier molecular flexibility index (Phi) is 5.08. The minimum absolute atomic E-state index is 0.0944. The molecule has 0 aromatic rings. The van der Waals surface area contributed by atoms with E-state index in [9.17, 15) is 0 Å². The fourth-order valence-electron chi connectivity index (χ4n) is 0.524. The van der Waals surface area contributed by atoms with E-state index < -0.39 is 5.91 Å². The summed E-state index contributed by atoms with van der Waals surface area (Å²) < 4.78 is 5.05. The van der Waals surface area contributed by atoms with Crippen molar-refractivity contribution in [1.29, 1.82) is 0 Å². The molecule has 0 saturated carbocycles. The average molecular weight is 175 g/mol. The van der Waals surface area contributed by atoms with Crippen LogP contribution in [-0.4, -0.2) is 29.5 Å². The number of aliphatic hydroxyl groups is 2. The van der Waals surface area contributed by atoms with Gasteiger partial charge in [-0.25, -0.2) is 5.32 Å². The Balaban J connectivity index is 3.37. The molecule has 0 unspecified atom stereocenters. The highest BCUT2D eigenvalue weighted by molar-refractivity contribution is 4.81. The fraction of sp³-hybridized carbons (Fsp3) is 0.750. The molecule has 0 aromatic heterocycles. The third-order valence-electron chi connectivity index (χ3n) is 1.17. The summed E-state index contributed by atoms with van der Waals surface area (Å²) in [7, 11) is 0. The van der Waals surface area contributed by atoms with E-state index >= 15 is 0 Å². The lowest BCUT2D eigenvalue weighted by Crippen LogP contribution is -2.44. The molecule has 3 N–H and O–H groups in total. The molecule has 4 heteroatoms. The first kappa shape index (κ1) is 11.6. The monoisotopic (exact) mass is 175 g/mol. The van der Waals surface area contributed by atoms with Crippen LogP contribution in [-0.2, 0) is 4.74 Å². The van der Waals surface area contributed by atoms with E-state index in [4.69, 9.17) is 14.9 Å². The van der Waals surface area contributed by atoms with E-state index in [0.29, 0.717) is 12.5 Å². The lowest BCUT2D eigenvalue weighted by atomic mass is 10.2. The van der Waals surface area contributed by atoms with Gasteiger partial charge in [0.15, 0.2) is 0 Å². The van der Waals surface area contributed by atoms with Crippen LogP contribution in [0.2, 0.25) is 0 Å². The molecule has 0 aromatic carbocycles. The van der Waals surface area contributed by atoms with Crippen LogP contribution >= 0.6 is 0 Å². The van der Waals surface area contributed by atoms with Gasteiger partial charge in [-0.1, -0.05) is 20.4 Å². The summed E-state index contributed by atoms with van der Waals surface area (Å²) in [5.41, 5.74) is 0. The Labute approximate surface area is 72.9 Å². The SMILES string of the molecule is C=CC(O)(O)NCOCC(C)C. The number of rotatable bonds is 6. The van der Waals surface area contributed by atoms with Gasteiger partial charge in [0, 0.05) is 0 Å². The van der Waals surface area contributed by atoms with Crippen molar-refractivity contribution in [2.45, 2.75) is 19.8 Å². The van der Waals surface area contributed by atoms with E-state index in [1.165, 1.54) is 0 Å². The van der Waals surface area contributed by atoms with Crippen molar-refractivity contribution in [3.8, 4) is 0 Å². The van der Waals surface area contributed by atoms with E-state index in [1.54, 1.807) is 0 Å². The first-order valence-corrected chi connectivity index (χ1v) is 3.89. The van der Waals surface area contributed by atoms with Crippen LogP contribution in [0.1, 0.15) is 13.8 Å². The molecule has 0 amide bonds. The number of ether oxygens (including phenoxy) is 1. The zero-order valence-electron chi connectivity index (χ0n) is 7.58. The first-order chi connectivity index (χ1) is 5.48. The third kappa shape index (κ3) is 6.30. The maximum atomic E-state index is 8.93. The van der Waals surface area contributed by atoms with Gasteiger partial charge in [-0.3, -0.25) is 0 Å². The van der Waals surface area contributed by atoms with Gasteiger partial charge in [0.2, 0.25) is 5.91 Å². The van der Waals surface area contributed by atoms with Gasteiger partial charge in [0.1, 0.15) is 6.73 Å². The van der Waals surface area contributed by atoms with Crippen molar-refractivity contribution in [2.24, 2.45) is 5.92 Å². The van der Waals surface area contributed by atoms with Gasteiger partial charge in [0.25, 0.3) is 0 Å². The fourth-order valence-corrected chi connectivity index (χ4v) is 0.524. The molecule has 0 saturated heterocycles. The van der Waals surface area contributed by atoms with Crippen LogP contribution < -0.4 is 5.32 Å². The molecule has 0 rings (SSSR count). The highest BCUT2D eigenvalue weighted by Gasteiger charge is 2.15. The second-order valence-electron chi connectivity index (χ2n) is 3.02. The summed E-state index contributed by atoms with van der Waals surface area (Å²) in [6.07, 6.45) is 0.992. The Morgan fingerprint density at radius 2 is 2.17 bits per heavy atom. The summed E-state index contributed by atoms with van der Waals surface area (Å²) in [5.74, 6) is -1.60. The molecule has 0 bridgehead atoms. The van der Waals surface area contributed by atoms with Gasteiger partial charge < -0.3 is 14.9 Å². The van der Waals surface area contributed by atoms with Crippen molar-refractivity contribution < 1.29 is 14.9 Å². The maximum absolute atomic E-state index is 8.93. The van der Waals surface area contributed by atoms with E-state index in [1.807, 2.05) is 13.8 Å². The molecule has 72 valence electrons. The molecule has 0 aliphatic heterocycles. The molecule has 0 fully saturated rings. The van der Waals surface area contributed by atoms with Crippen LogP contribution in [0.15, 0.2) is 12.7 Å². The molecule has 0 atom stereocenters. The van der Waals surface area contributed by atoms with Crippen LogP contribution in [0.4, 0.5) is 0 Å². The normalized spacial score (nSPS) is 12.1. The summed E-state index contributed by atoms with van der Waals surface area (Å²) in [6.45, 7) is 7.93. The number of nitrogens with one attached hydrogen (secondary N) is 1. The minimum atomic E-state index is -2.03. The molecule has 0 aliphatic carbocycles. The van der Waals surface area contributed by atoms with Crippen LogP contribution in [0.3, 0.4) is 0 Å². The second-order valence-corrected chi connectivity index (χ2v) is 3.02. The maximum Gasteiger partial charge on any atom is 0.244 e. The smallest absolute Gasteiger partial charge is 0.244 e. The molecule has 0 aliphatic rings. The molecule has 4 nitrogen and oxygen atoms in total. The van der Waals surface area contributed by atoms with Crippen molar-refractivity contribution in [1.82, 2.24) is 5.32 Å². The predicted molar refractivity (Wildman–Crippen MR) is 46.2 cm³/mol. The Morgan fingerprint density at radius 3 is 2.58 bits per heavy atom. The van der Waals surface area contributed by atoms with Gasteiger partial charge >= 0.3 is 0 Å². The molecule has 12 heavy (non-hydrogen) atoms. The summed E-state index contributed by atoms with van der Waals surface area (Å²) in [5, 5.41) is 20.2. The van der Waals surface area contributed by atoms with Crippen molar-refractivity contribution in [3.05, 3.63) is 12.7 Å². The Hall–Kier alpha value is -0.420. The number of hydrogen-bond donors (Lipinski definition) is 3. The zero-order valence-corrected chi connectivity index (χ0v) is 7.58. The van der Waals surface area contributed by atoms with Crippen LogP contribution in [0, 0.1) is 5.92 Å². The largest absolute Gasteiger partial charge is 0.366 e.